The van der Waals surface area contributed by atoms with E-state index >= 15 is 0 Å². The number of rotatable bonds is 3. The van der Waals surface area contributed by atoms with Crippen molar-refractivity contribution in [3.63, 3.8) is 0 Å². The molecule has 0 aromatic heterocycles. The van der Waals surface area contributed by atoms with Crippen molar-refractivity contribution in [2.45, 2.75) is 17.8 Å². The summed E-state index contributed by atoms with van der Waals surface area (Å²) in [5.41, 5.74) is 0. The van der Waals surface area contributed by atoms with Gasteiger partial charge in [-0.3, -0.25) is 0 Å². The van der Waals surface area contributed by atoms with Gasteiger partial charge in [0.1, 0.15) is 0 Å². The second kappa shape index (κ2) is 4.72. The fourth-order valence-corrected chi connectivity index (χ4v) is 8.17. The van der Waals surface area contributed by atoms with Crippen molar-refractivity contribution in [3.8, 4) is 0 Å². The van der Waals surface area contributed by atoms with Crippen molar-refractivity contribution < 1.29 is 0 Å². The van der Waals surface area contributed by atoms with Crippen molar-refractivity contribution in [1.29, 1.82) is 0 Å². The maximum absolute atomic E-state index is 6.32. The molecule has 0 fully saturated rings. The Hall–Kier alpha value is 0.590. The van der Waals surface area contributed by atoms with E-state index < -0.39 is 15.9 Å². The van der Waals surface area contributed by atoms with E-state index in [0.29, 0.717) is 0 Å². The molecule has 0 amide bonds. The molecule has 0 N–H and O–H groups in total. The van der Waals surface area contributed by atoms with Crippen molar-refractivity contribution in [2.24, 2.45) is 0 Å². The molecule has 1 aromatic carbocycles. The van der Waals surface area contributed by atoms with Crippen LogP contribution in [0.25, 0.3) is 0 Å². The summed E-state index contributed by atoms with van der Waals surface area (Å²) in [7, 11) is 12.6. The van der Waals surface area contributed by atoms with Gasteiger partial charge in [0, 0.05) is 0 Å². The molecule has 1 aromatic rings. The summed E-state index contributed by atoms with van der Waals surface area (Å²) < 4.78 is 2.15. The van der Waals surface area contributed by atoms with Crippen molar-refractivity contribution in [3.05, 3.63) is 30.3 Å². The van der Waals surface area contributed by atoms with Crippen LogP contribution >= 0.6 is 17.9 Å². The van der Waals surface area contributed by atoms with Gasteiger partial charge < -0.3 is 0 Å². The van der Waals surface area contributed by atoms with Gasteiger partial charge in [-0.05, 0) is 0 Å². The average molecular weight is 319 g/mol. The normalized spacial score (nSPS) is 12.9. The third-order valence-electron chi connectivity index (χ3n) is 1.55. The zero-order chi connectivity index (χ0) is 9.03. The van der Waals surface area contributed by atoms with Gasteiger partial charge in [-0.2, -0.15) is 0 Å². The summed E-state index contributed by atoms with van der Waals surface area (Å²) in [5, 5.41) is 0. The van der Waals surface area contributed by atoms with Crippen LogP contribution in [-0.4, -0.2) is 15.9 Å². The zero-order valence-electron chi connectivity index (χ0n) is 6.97. The third kappa shape index (κ3) is 2.82. The first kappa shape index (κ1) is 10.7. The van der Waals surface area contributed by atoms with Crippen LogP contribution in [0.15, 0.2) is 30.3 Å². The first-order valence-electron chi connectivity index (χ1n) is 3.92. The zero-order valence-corrected chi connectivity index (χ0v) is 10.8. The predicted octanol–water partition coefficient (Wildman–Crippen LogP) is 3.22. The third-order valence-corrected chi connectivity index (χ3v) is 11.4. The molecular weight excluding hydrogens is 307 g/mol. The SMILES string of the molecule is CCC[Te](Cl)(Cl)c1ccccc1. The number of hydrogen-bond donors (Lipinski definition) is 0. The molecule has 0 saturated heterocycles. The van der Waals surface area contributed by atoms with E-state index in [0.717, 1.165) is 10.9 Å². The van der Waals surface area contributed by atoms with Crippen molar-refractivity contribution in [1.82, 2.24) is 0 Å². The molecule has 0 heterocycles. The van der Waals surface area contributed by atoms with Gasteiger partial charge in [-0.15, -0.1) is 0 Å². The van der Waals surface area contributed by atoms with Gasteiger partial charge >= 0.3 is 85.6 Å². The van der Waals surface area contributed by atoms with Crippen LogP contribution < -0.4 is 3.61 Å². The minimum atomic E-state index is -2.66. The molecular formula is C9H12Cl2Te. The summed E-state index contributed by atoms with van der Waals surface area (Å²) >= 11 is -2.66. The molecule has 0 aliphatic heterocycles. The van der Waals surface area contributed by atoms with Crippen LogP contribution in [-0.2, 0) is 0 Å². The summed E-state index contributed by atoms with van der Waals surface area (Å²) in [5.74, 6) is 0. The molecule has 0 unspecified atom stereocenters. The Morgan fingerprint density at radius 1 is 1.17 bits per heavy atom. The van der Waals surface area contributed by atoms with Crippen LogP contribution in [0.1, 0.15) is 13.3 Å². The molecule has 12 heavy (non-hydrogen) atoms. The second-order valence-corrected chi connectivity index (χ2v) is 16.5. The van der Waals surface area contributed by atoms with E-state index in [2.05, 4.69) is 6.92 Å². The van der Waals surface area contributed by atoms with E-state index in [1.807, 2.05) is 30.3 Å². The quantitative estimate of drug-likeness (QED) is 0.751. The van der Waals surface area contributed by atoms with Gasteiger partial charge in [-0.1, -0.05) is 0 Å². The van der Waals surface area contributed by atoms with Gasteiger partial charge in [-0.25, -0.2) is 0 Å². The Balaban J connectivity index is 2.82. The molecule has 0 saturated carbocycles. The Labute approximate surface area is 85.2 Å². The van der Waals surface area contributed by atoms with Gasteiger partial charge in [0.25, 0.3) is 0 Å². The van der Waals surface area contributed by atoms with Crippen LogP contribution in [0.2, 0.25) is 4.47 Å². The first-order valence-corrected chi connectivity index (χ1v) is 12.6. The monoisotopic (exact) mass is 320 g/mol. The van der Waals surface area contributed by atoms with E-state index in [-0.39, 0.29) is 0 Å². The van der Waals surface area contributed by atoms with E-state index in [9.17, 15) is 0 Å². The Morgan fingerprint density at radius 3 is 2.25 bits per heavy atom. The molecule has 0 aliphatic carbocycles. The average Bonchev–Trinajstić information content (AvgIpc) is 2.06. The summed E-state index contributed by atoms with van der Waals surface area (Å²) in [6.07, 6.45) is 1.07. The number of halogens is 2. The Bertz CT molecular complexity index is 234. The van der Waals surface area contributed by atoms with Crippen LogP contribution in [0.4, 0.5) is 0 Å². The molecule has 1 rings (SSSR count). The molecule has 3 heteroatoms. The van der Waals surface area contributed by atoms with Crippen molar-refractivity contribution >= 4 is 37.5 Å². The second-order valence-electron chi connectivity index (χ2n) is 2.59. The fourth-order valence-electron chi connectivity index (χ4n) is 0.994. The molecule has 0 nitrogen and oxygen atoms in total. The molecule has 0 bridgehead atoms. The summed E-state index contributed by atoms with van der Waals surface area (Å²) in [4.78, 5) is 0. The summed E-state index contributed by atoms with van der Waals surface area (Å²) in [6.45, 7) is 2.12. The number of hydrogen-bond acceptors (Lipinski definition) is 0. The van der Waals surface area contributed by atoms with Crippen molar-refractivity contribution in [2.75, 3.05) is 0 Å². The molecule has 68 valence electrons. The summed E-state index contributed by atoms with van der Waals surface area (Å²) in [6, 6.07) is 10.1. The fraction of sp³-hybridized carbons (Fsp3) is 0.333. The predicted molar refractivity (Wildman–Crippen MR) is 58.6 cm³/mol. The van der Waals surface area contributed by atoms with Gasteiger partial charge in [0.15, 0.2) is 0 Å². The number of benzene rings is 1. The topological polar surface area (TPSA) is 0 Å². The molecule has 0 atom stereocenters. The molecule has 0 aliphatic rings. The van der Waals surface area contributed by atoms with Crippen LogP contribution in [0.3, 0.4) is 0 Å². The molecule has 0 radical (unpaired) electrons. The first-order chi connectivity index (χ1) is 5.67. The standard InChI is InChI=1S/C9H12Cl2Te/c1-2-8-12(10,11)9-6-4-3-5-7-9/h3-7H,2,8H2,1H3. The van der Waals surface area contributed by atoms with Gasteiger partial charge in [0.05, 0.1) is 0 Å². The Morgan fingerprint density at radius 2 is 1.75 bits per heavy atom. The van der Waals surface area contributed by atoms with Crippen LogP contribution in [0, 0.1) is 0 Å². The maximum atomic E-state index is 6.32. The van der Waals surface area contributed by atoms with E-state index in [4.69, 9.17) is 17.9 Å². The van der Waals surface area contributed by atoms with E-state index in [1.165, 1.54) is 3.61 Å². The van der Waals surface area contributed by atoms with Gasteiger partial charge in [0.2, 0.25) is 0 Å². The van der Waals surface area contributed by atoms with Crippen LogP contribution in [0.5, 0.6) is 0 Å². The Kier molecular flexibility index (Phi) is 4.20. The molecule has 0 spiro atoms. The van der Waals surface area contributed by atoms with E-state index in [1.54, 1.807) is 0 Å². The minimum absolute atomic E-state index is 0.982.